The SMILES string of the molecule is C=CCc1cc2c(cc1O[C@@H]1O[C@H](CO[C@@H]3O[C@@H](C)[C@H](O)[C@@H](O)[C@H]3O)[C@@H](O)[C@H](O)[C@H]1O)OCO2. The van der Waals surface area contributed by atoms with Gasteiger partial charge in [0.1, 0.15) is 48.5 Å². The fourth-order valence-electron chi connectivity index (χ4n) is 4.01. The summed E-state index contributed by atoms with van der Waals surface area (Å²) in [5, 5.41) is 61.1. The summed E-state index contributed by atoms with van der Waals surface area (Å²) in [6.45, 7) is 4.88. The van der Waals surface area contributed by atoms with Crippen molar-refractivity contribution in [1.82, 2.24) is 0 Å². The number of fused-ring (bicyclic) bond motifs is 1. The molecule has 12 heteroatoms. The van der Waals surface area contributed by atoms with E-state index in [9.17, 15) is 30.6 Å². The van der Waals surface area contributed by atoms with Gasteiger partial charge in [0, 0.05) is 11.6 Å². The molecule has 12 nitrogen and oxygen atoms in total. The molecule has 0 amide bonds. The number of aliphatic hydroxyl groups is 6. The lowest BCUT2D eigenvalue weighted by atomic mass is 9.98. The van der Waals surface area contributed by atoms with Crippen LogP contribution in [0.3, 0.4) is 0 Å². The third kappa shape index (κ3) is 4.87. The topological polar surface area (TPSA) is 177 Å². The Labute approximate surface area is 195 Å². The average Bonchev–Trinajstić information content (AvgIpc) is 3.27. The van der Waals surface area contributed by atoms with Crippen molar-refractivity contribution in [1.29, 1.82) is 0 Å². The summed E-state index contributed by atoms with van der Waals surface area (Å²) in [5.74, 6) is 1.27. The molecule has 1 aromatic rings. The van der Waals surface area contributed by atoms with E-state index in [1.54, 1.807) is 18.2 Å². The van der Waals surface area contributed by atoms with E-state index in [4.69, 9.17) is 28.4 Å². The highest BCUT2D eigenvalue weighted by atomic mass is 16.7. The van der Waals surface area contributed by atoms with Crippen LogP contribution in [0.5, 0.6) is 17.2 Å². The van der Waals surface area contributed by atoms with E-state index < -0.39 is 61.4 Å². The first-order valence-corrected chi connectivity index (χ1v) is 10.9. The molecule has 4 rings (SSSR count). The van der Waals surface area contributed by atoms with Gasteiger partial charge >= 0.3 is 0 Å². The highest BCUT2D eigenvalue weighted by Gasteiger charge is 2.47. The minimum atomic E-state index is -1.63. The molecule has 10 atom stereocenters. The minimum Gasteiger partial charge on any atom is -0.462 e. The summed E-state index contributed by atoms with van der Waals surface area (Å²) < 4.78 is 33.1. The van der Waals surface area contributed by atoms with Crippen LogP contribution in [0.25, 0.3) is 0 Å². The highest BCUT2D eigenvalue weighted by molar-refractivity contribution is 5.52. The van der Waals surface area contributed by atoms with Gasteiger partial charge in [0.25, 0.3) is 0 Å². The van der Waals surface area contributed by atoms with Gasteiger partial charge in [-0.3, -0.25) is 0 Å². The van der Waals surface area contributed by atoms with E-state index in [1.807, 2.05) is 0 Å². The van der Waals surface area contributed by atoms with Crippen LogP contribution < -0.4 is 14.2 Å². The average molecular weight is 486 g/mol. The number of hydrogen-bond donors (Lipinski definition) is 6. The van der Waals surface area contributed by atoms with Gasteiger partial charge in [-0.15, -0.1) is 6.58 Å². The van der Waals surface area contributed by atoms with Crippen molar-refractivity contribution >= 4 is 0 Å². The predicted octanol–water partition coefficient (Wildman–Crippen LogP) is -1.83. The molecule has 3 aliphatic rings. The quantitative estimate of drug-likeness (QED) is 0.238. The lowest BCUT2D eigenvalue weighted by Gasteiger charge is -2.42. The molecule has 34 heavy (non-hydrogen) atoms. The Hall–Kier alpha value is -2.00. The van der Waals surface area contributed by atoms with Crippen molar-refractivity contribution in [3.8, 4) is 17.2 Å². The summed E-state index contributed by atoms with van der Waals surface area (Å²) in [6, 6.07) is 3.28. The van der Waals surface area contributed by atoms with Crippen LogP contribution in [-0.4, -0.2) is 105 Å². The first-order chi connectivity index (χ1) is 16.2. The Morgan fingerprint density at radius 3 is 2.24 bits per heavy atom. The second-order valence-electron chi connectivity index (χ2n) is 8.45. The summed E-state index contributed by atoms with van der Waals surface area (Å²) in [4.78, 5) is 0. The molecule has 6 N–H and O–H groups in total. The van der Waals surface area contributed by atoms with Crippen LogP contribution >= 0.6 is 0 Å². The van der Waals surface area contributed by atoms with Crippen LogP contribution in [0.4, 0.5) is 0 Å². The van der Waals surface area contributed by atoms with Crippen molar-refractivity contribution in [2.45, 2.75) is 74.8 Å². The number of benzene rings is 1. The fraction of sp³-hybridized carbons (Fsp3) is 0.636. The number of allylic oxidation sites excluding steroid dienone is 1. The first kappa shape index (κ1) is 25.1. The molecule has 0 spiro atoms. The predicted molar refractivity (Wildman–Crippen MR) is 112 cm³/mol. The van der Waals surface area contributed by atoms with Crippen molar-refractivity contribution in [3.63, 3.8) is 0 Å². The Kier molecular flexibility index (Phi) is 7.62. The molecule has 0 aliphatic carbocycles. The molecule has 2 saturated heterocycles. The number of rotatable bonds is 7. The van der Waals surface area contributed by atoms with Crippen molar-refractivity contribution < 1.29 is 59.1 Å². The van der Waals surface area contributed by atoms with Gasteiger partial charge in [0.05, 0.1) is 12.7 Å². The third-order valence-electron chi connectivity index (χ3n) is 6.06. The third-order valence-corrected chi connectivity index (χ3v) is 6.06. The Balaban J connectivity index is 1.46. The molecule has 0 radical (unpaired) electrons. The molecule has 0 aromatic heterocycles. The van der Waals surface area contributed by atoms with Crippen molar-refractivity contribution in [2.24, 2.45) is 0 Å². The smallest absolute Gasteiger partial charge is 0.231 e. The number of aliphatic hydroxyl groups excluding tert-OH is 6. The van der Waals surface area contributed by atoms with Crippen LogP contribution in [0, 0.1) is 0 Å². The largest absolute Gasteiger partial charge is 0.462 e. The van der Waals surface area contributed by atoms with Crippen LogP contribution in [0.1, 0.15) is 12.5 Å². The lowest BCUT2D eigenvalue weighted by molar-refractivity contribution is -0.318. The Morgan fingerprint density at radius 2 is 1.53 bits per heavy atom. The summed E-state index contributed by atoms with van der Waals surface area (Å²) >= 11 is 0. The normalized spacial score (nSPS) is 39.6. The van der Waals surface area contributed by atoms with E-state index >= 15 is 0 Å². The Bertz CT molecular complexity index is 865. The van der Waals surface area contributed by atoms with E-state index in [1.165, 1.54) is 6.92 Å². The molecule has 0 unspecified atom stereocenters. The molecule has 1 aromatic carbocycles. The standard InChI is InChI=1S/C22H30O12/c1-3-4-10-5-12-13(31-8-30-12)6-11(10)33-22-20(28)18(26)16(24)14(34-22)7-29-21-19(27)17(25)15(23)9(2)32-21/h3,5-6,9,14-28H,1,4,7-8H2,2H3/t9-,14+,15-,16+,17+,18-,19+,20+,21+,22+/m0/s1. The second kappa shape index (κ2) is 10.3. The second-order valence-corrected chi connectivity index (χ2v) is 8.45. The molecular weight excluding hydrogens is 456 g/mol. The van der Waals surface area contributed by atoms with Crippen LogP contribution in [0.15, 0.2) is 24.8 Å². The maximum atomic E-state index is 10.5. The molecule has 3 heterocycles. The van der Waals surface area contributed by atoms with Gasteiger partial charge in [0.15, 0.2) is 17.8 Å². The van der Waals surface area contributed by atoms with E-state index in [0.29, 0.717) is 29.2 Å². The number of ether oxygens (including phenoxy) is 6. The van der Waals surface area contributed by atoms with Gasteiger partial charge in [-0.1, -0.05) is 6.08 Å². The zero-order chi connectivity index (χ0) is 24.6. The molecular formula is C22H30O12. The van der Waals surface area contributed by atoms with Gasteiger partial charge in [0.2, 0.25) is 13.1 Å². The summed E-state index contributed by atoms with van der Waals surface area (Å²) in [7, 11) is 0. The zero-order valence-electron chi connectivity index (χ0n) is 18.5. The molecule has 190 valence electrons. The van der Waals surface area contributed by atoms with Gasteiger partial charge in [-0.2, -0.15) is 0 Å². The van der Waals surface area contributed by atoms with E-state index in [-0.39, 0.29) is 13.4 Å². The van der Waals surface area contributed by atoms with Crippen molar-refractivity contribution in [3.05, 3.63) is 30.4 Å². The van der Waals surface area contributed by atoms with Gasteiger partial charge < -0.3 is 59.1 Å². The van der Waals surface area contributed by atoms with Crippen molar-refractivity contribution in [2.75, 3.05) is 13.4 Å². The molecule has 2 fully saturated rings. The monoisotopic (exact) mass is 486 g/mol. The molecule has 0 bridgehead atoms. The summed E-state index contributed by atoms with van der Waals surface area (Å²) in [6.07, 6.45) is -11.8. The lowest BCUT2D eigenvalue weighted by Crippen LogP contribution is -2.61. The zero-order valence-corrected chi connectivity index (χ0v) is 18.5. The van der Waals surface area contributed by atoms with E-state index in [2.05, 4.69) is 6.58 Å². The van der Waals surface area contributed by atoms with Gasteiger partial charge in [-0.25, -0.2) is 0 Å². The maximum absolute atomic E-state index is 10.5. The van der Waals surface area contributed by atoms with Crippen LogP contribution in [-0.2, 0) is 20.6 Å². The number of hydrogen-bond acceptors (Lipinski definition) is 12. The first-order valence-electron chi connectivity index (χ1n) is 10.9. The van der Waals surface area contributed by atoms with E-state index in [0.717, 1.165) is 0 Å². The molecule has 0 saturated carbocycles. The van der Waals surface area contributed by atoms with Gasteiger partial charge in [-0.05, 0) is 19.4 Å². The maximum Gasteiger partial charge on any atom is 0.231 e. The Morgan fingerprint density at radius 1 is 0.882 bits per heavy atom. The fourth-order valence-corrected chi connectivity index (χ4v) is 4.01. The summed E-state index contributed by atoms with van der Waals surface area (Å²) in [5.41, 5.74) is 0.670. The molecule has 3 aliphatic heterocycles. The highest BCUT2D eigenvalue weighted by Crippen LogP contribution is 2.39. The minimum absolute atomic E-state index is 0.0542. The van der Waals surface area contributed by atoms with Crippen LogP contribution in [0.2, 0.25) is 0 Å².